The topological polar surface area (TPSA) is 59.1 Å². The van der Waals surface area contributed by atoms with E-state index in [2.05, 4.69) is 4.90 Å². The van der Waals surface area contributed by atoms with Crippen molar-refractivity contribution in [3.05, 3.63) is 21.3 Å². The van der Waals surface area contributed by atoms with E-state index >= 15 is 0 Å². The zero-order chi connectivity index (χ0) is 18.1. The number of halogens is 1. The predicted molar refractivity (Wildman–Crippen MR) is 98.7 cm³/mol. The van der Waals surface area contributed by atoms with Crippen LogP contribution in [0.1, 0.15) is 28.9 Å². The molecule has 1 atom stereocenters. The molecule has 0 radical (unpaired) electrons. The minimum atomic E-state index is -0.416. The van der Waals surface area contributed by atoms with E-state index in [1.54, 1.807) is 12.1 Å². The van der Waals surface area contributed by atoms with Crippen molar-refractivity contribution in [2.75, 3.05) is 45.9 Å². The van der Waals surface area contributed by atoms with E-state index in [0.717, 1.165) is 39.3 Å². The Bertz CT molecular complexity index is 680. The Balaban J connectivity index is 1.34. The van der Waals surface area contributed by atoms with Crippen LogP contribution in [0.4, 0.5) is 0 Å². The molecule has 26 heavy (non-hydrogen) atoms. The molecule has 0 aromatic carbocycles. The van der Waals surface area contributed by atoms with Gasteiger partial charge in [0.2, 0.25) is 0 Å². The summed E-state index contributed by atoms with van der Waals surface area (Å²) < 4.78 is 11.7. The van der Waals surface area contributed by atoms with Gasteiger partial charge in [-0.1, -0.05) is 11.6 Å². The van der Waals surface area contributed by atoms with Crippen molar-refractivity contribution in [3.63, 3.8) is 0 Å². The minimum absolute atomic E-state index is 0.00739. The summed E-state index contributed by atoms with van der Waals surface area (Å²) in [5.74, 6) is -0.0741. The fourth-order valence-electron chi connectivity index (χ4n) is 4.14. The number of hydrogen-bond acceptors (Lipinski definition) is 6. The van der Waals surface area contributed by atoms with Gasteiger partial charge in [-0.3, -0.25) is 14.5 Å². The molecule has 3 aliphatic rings. The first-order valence-corrected chi connectivity index (χ1v) is 10.3. The Morgan fingerprint density at radius 2 is 1.96 bits per heavy atom. The second-order valence-corrected chi connectivity index (χ2v) is 9.04. The summed E-state index contributed by atoms with van der Waals surface area (Å²) >= 11 is 7.23. The van der Waals surface area contributed by atoms with Crippen LogP contribution in [-0.2, 0) is 14.3 Å². The zero-order valence-corrected chi connectivity index (χ0v) is 16.2. The number of piperidine rings is 1. The van der Waals surface area contributed by atoms with Crippen LogP contribution in [0.5, 0.6) is 0 Å². The number of cyclic esters (lactones) is 1. The summed E-state index contributed by atoms with van der Waals surface area (Å²) in [6.07, 6.45) is 2.07. The number of nitrogens with zero attached hydrogens (tertiary/aromatic N) is 2. The number of carbonyl (C=O) groups is 2. The Morgan fingerprint density at radius 3 is 2.62 bits per heavy atom. The van der Waals surface area contributed by atoms with Gasteiger partial charge in [-0.2, -0.15) is 0 Å². The summed E-state index contributed by atoms with van der Waals surface area (Å²) in [5.41, 5.74) is -0.416. The minimum Gasteiger partial charge on any atom is -0.461 e. The molecule has 4 heterocycles. The average Bonchev–Trinajstić information content (AvgIpc) is 3.20. The number of ether oxygens (including phenoxy) is 2. The van der Waals surface area contributed by atoms with Gasteiger partial charge in [-0.15, -0.1) is 11.3 Å². The maximum atomic E-state index is 12.6. The number of thiophene rings is 1. The highest BCUT2D eigenvalue weighted by molar-refractivity contribution is 7.17. The summed E-state index contributed by atoms with van der Waals surface area (Å²) in [4.78, 5) is 29.9. The Morgan fingerprint density at radius 1 is 1.23 bits per heavy atom. The standard InChI is InChI=1S/C18H23ClN2O4S/c19-15-2-1-14(26-15)16(22)21-5-3-18(4-6-21)11-13(25-17(18)23)12-20-7-9-24-10-8-20/h1-2,13H,3-12H2. The highest BCUT2D eigenvalue weighted by Gasteiger charge is 2.51. The molecule has 1 spiro atoms. The van der Waals surface area contributed by atoms with Gasteiger partial charge < -0.3 is 14.4 Å². The molecular formula is C18H23ClN2O4S. The SMILES string of the molecule is O=C(c1ccc(Cl)s1)N1CCC2(CC1)CC(CN1CCOCC1)OC2=O. The molecule has 0 N–H and O–H groups in total. The summed E-state index contributed by atoms with van der Waals surface area (Å²) in [6.45, 7) is 5.25. The molecule has 3 aliphatic heterocycles. The predicted octanol–water partition coefficient (Wildman–Crippen LogP) is 2.27. The normalized spacial score (nSPS) is 26.3. The molecule has 1 amide bonds. The van der Waals surface area contributed by atoms with Crippen molar-refractivity contribution in [3.8, 4) is 0 Å². The average molecular weight is 399 g/mol. The maximum absolute atomic E-state index is 12.6. The summed E-state index contributed by atoms with van der Waals surface area (Å²) in [6, 6.07) is 3.51. The van der Waals surface area contributed by atoms with Gasteiger partial charge in [0.1, 0.15) is 6.10 Å². The first-order chi connectivity index (χ1) is 12.6. The lowest BCUT2D eigenvalue weighted by Gasteiger charge is -2.36. The number of amides is 1. The van der Waals surface area contributed by atoms with Crippen LogP contribution < -0.4 is 0 Å². The second kappa shape index (κ2) is 7.46. The van der Waals surface area contributed by atoms with E-state index in [1.165, 1.54) is 11.3 Å². The smallest absolute Gasteiger partial charge is 0.312 e. The van der Waals surface area contributed by atoms with Crippen LogP contribution in [0.15, 0.2) is 12.1 Å². The van der Waals surface area contributed by atoms with Crippen molar-refractivity contribution in [2.24, 2.45) is 5.41 Å². The molecule has 0 saturated carbocycles. The largest absolute Gasteiger partial charge is 0.461 e. The molecule has 1 unspecified atom stereocenters. The molecule has 1 aromatic rings. The van der Waals surface area contributed by atoms with Crippen molar-refractivity contribution in [1.82, 2.24) is 9.80 Å². The molecule has 3 fully saturated rings. The molecule has 142 valence electrons. The fraction of sp³-hybridized carbons (Fsp3) is 0.667. The molecule has 4 rings (SSSR count). The van der Waals surface area contributed by atoms with Crippen molar-refractivity contribution in [1.29, 1.82) is 0 Å². The van der Waals surface area contributed by atoms with Crippen LogP contribution in [0.3, 0.4) is 0 Å². The molecular weight excluding hydrogens is 376 g/mol. The van der Waals surface area contributed by atoms with Gasteiger partial charge in [0.25, 0.3) is 5.91 Å². The lowest BCUT2D eigenvalue weighted by Crippen LogP contribution is -2.45. The van der Waals surface area contributed by atoms with E-state index in [-0.39, 0.29) is 18.0 Å². The van der Waals surface area contributed by atoms with E-state index in [1.807, 2.05) is 4.90 Å². The van der Waals surface area contributed by atoms with Gasteiger partial charge in [-0.25, -0.2) is 0 Å². The molecule has 3 saturated heterocycles. The van der Waals surface area contributed by atoms with Gasteiger partial charge in [0, 0.05) is 39.1 Å². The molecule has 6 nitrogen and oxygen atoms in total. The monoisotopic (exact) mass is 398 g/mol. The third-order valence-corrected chi connectivity index (χ3v) is 6.90. The lowest BCUT2D eigenvalue weighted by atomic mass is 9.76. The molecule has 1 aromatic heterocycles. The number of morpholine rings is 1. The lowest BCUT2D eigenvalue weighted by molar-refractivity contribution is -0.151. The van der Waals surface area contributed by atoms with Crippen molar-refractivity contribution < 1.29 is 19.1 Å². The Hall–Kier alpha value is -1.15. The third kappa shape index (κ3) is 3.63. The first-order valence-electron chi connectivity index (χ1n) is 9.12. The van der Waals surface area contributed by atoms with Crippen molar-refractivity contribution >= 4 is 34.8 Å². The highest BCUT2D eigenvalue weighted by atomic mass is 35.5. The van der Waals surface area contributed by atoms with Gasteiger partial charge >= 0.3 is 5.97 Å². The molecule has 0 aliphatic carbocycles. The number of rotatable bonds is 3. The van der Waals surface area contributed by atoms with Crippen LogP contribution in [0, 0.1) is 5.41 Å². The molecule has 8 heteroatoms. The Labute approximate surface area is 162 Å². The van der Waals surface area contributed by atoms with Crippen molar-refractivity contribution in [2.45, 2.75) is 25.4 Å². The maximum Gasteiger partial charge on any atom is 0.312 e. The zero-order valence-electron chi connectivity index (χ0n) is 14.6. The van der Waals surface area contributed by atoms with E-state index in [4.69, 9.17) is 21.1 Å². The van der Waals surface area contributed by atoms with E-state index < -0.39 is 5.41 Å². The fourth-order valence-corrected chi connectivity index (χ4v) is 5.15. The Kier molecular flexibility index (Phi) is 5.23. The number of hydrogen-bond donors (Lipinski definition) is 0. The summed E-state index contributed by atoms with van der Waals surface area (Å²) in [5, 5.41) is 0. The molecule has 0 bridgehead atoms. The van der Waals surface area contributed by atoms with Crippen LogP contribution in [-0.4, -0.2) is 73.7 Å². The van der Waals surface area contributed by atoms with E-state index in [9.17, 15) is 9.59 Å². The van der Waals surface area contributed by atoms with Gasteiger partial charge in [0.15, 0.2) is 0 Å². The number of carbonyl (C=O) groups excluding carboxylic acids is 2. The highest BCUT2D eigenvalue weighted by Crippen LogP contribution is 2.43. The quantitative estimate of drug-likeness (QED) is 0.731. The van der Waals surface area contributed by atoms with Gasteiger partial charge in [-0.05, 0) is 25.0 Å². The number of likely N-dealkylation sites (tertiary alicyclic amines) is 1. The second-order valence-electron chi connectivity index (χ2n) is 7.32. The van der Waals surface area contributed by atoms with Crippen LogP contribution in [0.25, 0.3) is 0 Å². The van der Waals surface area contributed by atoms with Crippen LogP contribution >= 0.6 is 22.9 Å². The third-order valence-electron chi connectivity index (χ3n) is 5.68. The number of esters is 1. The first kappa shape index (κ1) is 18.2. The van der Waals surface area contributed by atoms with E-state index in [0.29, 0.717) is 35.1 Å². The summed E-state index contributed by atoms with van der Waals surface area (Å²) in [7, 11) is 0. The van der Waals surface area contributed by atoms with Gasteiger partial charge in [0.05, 0.1) is 27.8 Å². The van der Waals surface area contributed by atoms with Crippen LogP contribution in [0.2, 0.25) is 4.34 Å².